The summed E-state index contributed by atoms with van der Waals surface area (Å²) in [6.45, 7) is 5.44. The van der Waals surface area contributed by atoms with Crippen LogP contribution in [-0.2, 0) is 13.0 Å². The zero-order valence-corrected chi connectivity index (χ0v) is 28.3. The number of thiophene rings is 2. The molecule has 4 aromatic heterocycles. The maximum atomic E-state index is 4.02. The molecule has 1 aliphatic heterocycles. The molecule has 228 valence electrons. The van der Waals surface area contributed by atoms with Gasteiger partial charge in [0.05, 0.1) is 22.3 Å². The third kappa shape index (κ3) is 2.45. The molecule has 0 amide bonds. The van der Waals surface area contributed by atoms with Gasteiger partial charge in [0, 0.05) is 87.6 Å². The first-order valence-electron chi connectivity index (χ1n) is 17.2. The Bertz CT molecular complexity index is 3430. The molecule has 3 N–H and O–H groups in total. The van der Waals surface area contributed by atoms with E-state index in [2.05, 4.69) is 101 Å². The average molecular weight is 660 g/mol. The third-order valence-electron chi connectivity index (χ3n) is 12.5. The molecular formula is C44H25N3S2. The summed E-state index contributed by atoms with van der Waals surface area (Å²) in [5.41, 5.74) is 21.8. The SMILES string of the molecule is C/C=C1\c2c3c4c5c([nH]c6cccc(c65)-c5csc6c5C4=c4c5c(cccc5c5csc7c8[nH]c9cccc1c9c8c(c4c57)C3)NC6)c2C. The van der Waals surface area contributed by atoms with E-state index in [1.54, 1.807) is 0 Å². The standard InChI is InChI=1S/C44H25N3S2/c1-3-18-19-7-5-11-27-32(19)37-23-13-22-30(18)17(2)42-41-33-20(9-6-12-28(33)46-42)24-15-48-29-14-45-26-10-4-8-21-25-16-49-44(43(37)47-27)38(25)35(23)39(31(21)26)40(34(24)29)36(22)41/h3-12,15-16,45-47H,13-14H2,1-2H3/b18-3-. The lowest BCUT2D eigenvalue weighted by Crippen LogP contribution is -2.18. The first-order valence-corrected chi connectivity index (χ1v) is 19.0. The number of hydrogen-bond acceptors (Lipinski definition) is 3. The summed E-state index contributed by atoms with van der Waals surface area (Å²) in [5.74, 6) is 0. The summed E-state index contributed by atoms with van der Waals surface area (Å²) in [6, 6.07) is 20.8. The lowest BCUT2D eigenvalue weighted by atomic mass is 9.78. The number of aryl methyl sites for hydroxylation is 1. The predicted octanol–water partition coefficient (Wildman–Crippen LogP) is 11.4. The molecule has 0 spiro atoms. The van der Waals surface area contributed by atoms with Crippen molar-refractivity contribution in [2.24, 2.45) is 0 Å². The average Bonchev–Trinajstić information content (AvgIpc) is 3.88. The molecule has 4 aliphatic rings. The second kappa shape index (κ2) is 7.76. The van der Waals surface area contributed by atoms with Crippen molar-refractivity contribution in [2.45, 2.75) is 26.8 Å². The lowest BCUT2D eigenvalue weighted by Gasteiger charge is -2.25. The molecule has 2 bridgehead atoms. The van der Waals surface area contributed by atoms with Crippen molar-refractivity contribution in [1.29, 1.82) is 0 Å². The van der Waals surface area contributed by atoms with Gasteiger partial charge in [-0.15, -0.1) is 22.7 Å². The molecular weight excluding hydrogens is 635 g/mol. The van der Waals surface area contributed by atoms with Crippen molar-refractivity contribution in [1.82, 2.24) is 9.97 Å². The Morgan fingerprint density at radius 1 is 0.653 bits per heavy atom. The zero-order valence-electron chi connectivity index (χ0n) is 26.7. The number of aromatic nitrogens is 2. The third-order valence-corrected chi connectivity index (χ3v) is 14.5. The molecule has 0 fully saturated rings. The number of H-pyrrole nitrogens is 2. The van der Waals surface area contributed by atoms with Crippen LogP contribution in [0.2, 0.25) is 0 Å². The van der Waals surface area contributed by atoms with Crippen molar-refractivity contribution in [2.75, 3.05) is 5.32 Å². The van der Waals surface area contributed by atoms with Crippen LogP contribution in [0.3, 0.4) is 0 Å². The minimum atomic E-state index is 0.818. The first-order chi connectivity index (χ1) is 24.2. The molecule has 3 aliphatic carbocycles. The molecule has 0 saturated carbocycles. The number of benzene rings is 6. The first kappa shape index (κ1) is 24.7. The Kier molecular flexibility index (Phi) is 3.91. The van der Waals surface area contributed by atoms with Gasteiger partial charge in [0.15, 0.2) is 0 Å². The molecule has 0 atom stereocenters. The van der Waals surface area contributed by atoms with E-state index in [0.717, 1.165) is 13.0 Å². The topological polar surface area (TPSA) is 43.6 Å². The number of anilines is 1. The van der Waals surface area contributed by atoms with Gasteiger partial charge < -0.3 is 15.3 Å². The van der Waals surface area contributed by atoms with E-state index in [0.29, 0.717) is 0 Å². The lowest BCUT2D eigenvalue weighted by molar-refractivity contribution is 1.18. The van der Waals surface area contributed by atoms with Gasteiger partial charge in [-0.3, -0.25) is 0 Å². The summed E-state index contributed by atoms with van der Waals surface area (Å²) in [6.07, 6.45) is 3.29. The van der Waals surface area contributed by atoms with Crippen LogP contribution in [0.4, 0.5) is 5.69 Å². The maximum absolute atomic E-state index is 4.02. The van der Waals surface area contributed by atoms with Gasteiger partial charge in [-0.1, -0.05) is 42.5 Å². The predicted molar refractivity (Wildman–Crippen MR) is 210 cm³/mol. The van der Waals surface area contributed by atoms with Crippen LogP contribution >= 0.6 is 22.7 Å². The van der Waals surface area contributed by atoms with Gasteiger partial charge in [0.2, 0.25) is 0 Å². The quantitative estimate of drug-likeness (QED) is 0.139. The molecule has 0 unspecified atom stereocenters. The van der Waals surface area contributed by atoms with Gasteiger partial charge in [-0.05, 0) is 98.1 Å². The minimum Gasteiger partial charge on any atom is -0.380 e. The highest BCUT2D eigenvalue weighted by atomic mass is 32.1. The Hall–Kier alpha value is -5.36. The fraction of sp³-hybridized carbons (Fsp3) is 0.0909. The van der Waals surface area contributed by atoms with E-state index in [1.807, 2.05) is 22.7 Å². The number of hydrogen-bond donors (Lipinski definition) is 3. The van der Waals surface area contributed by atoms with Crippen LogP contribution in [-0.4, -0.2) is 9.97 Å². The van der Waals surface area contributed by atoms with Crippen LogP contribution in [0.25, 0.3) is 97.5 Å². The Morgan fingerprint density at radius 2 is 1.47 bits per heavy atom. The smallest absolute Gasteiger partial charge is 0.0649 e. The van der Waals surface area contributed by atoms with Gasteiger partial charge in [-0.25, -0.2) is 0 Å². The fourth-order valence-corrected chi connectivity index (χ4v) is 12.9. The summed E-state index contributed by atoms with van der Waals surface area (Å²) >= 11 is 3.84. The number of fused-ring (bicyclic) bond motifs is 3. The van der Waals surface area contributed by atoms with E-state index >= 15 is 0 Å². The summed E-state index contributed by atoms with van der Waals surface area (Å²) in [7, 11) is 0. The molecule has 49 heavy (non-hydrogen) atoms. The highest BCUT2D eigenvalue weighted by Gasteiger charge is 2.38. The number of rotatable bonds is 0. The van der Waals surface area contributed by atoms with Crippen LogP contribution in [0.1, 0.15) is 50.7 Å². The van der Waals surface area contributed by atoms with Crippen molar-refractivity contribution in [3.63, 3.8) is 0 Å². The van der Waals surface area contributed by atoms with E-state index in [4.69, 9.17) is 0 Å². The molecule has 0 radical (unpaired) electrons. The zero-order chi connectivity index (χ0) is 31.6. The van der Waals surface area contributed by atoms with Crippen molar-refractivity contribution in [3.8, 4) is 11.1 Å². The van der Waals surface area contributed by atoms with E-state index in [1.165, 1.54) is 152 Å². The van der Waals surface area contributed by atoms with Gasteiger partial charge in [-0.2, -0.15) is 0 Å². The highest BCUT2D eigenvalue weighted by Crippen LogP contribution is 2.57. The molecule has 14 rings (SSSR count). The molecule has 5 heterocycles. The van der Waals surface area contributed by atoms with Gasteiger partial charge >= 0.3 is 0 Å². The number of nitrogens with one attached hydrogen (secondary N) is 3. The van der Waals surface area contributed by atoms with Crippen molar-refractivity contribution in [3.05, 3.63) is 120 Å². The van der Waals surface area contributed by atoms with Crippen molar-refractivity contribution >= 4 is 115 Å². The van der Waals surface area contributed by atoms with E-state index < -0.39 is 0 Å². The van der Waals surface area contributed by atoms with E-state index in [9.17, 15) is 0 Å². The highest BCUT2D eigenvalue weighted by molar-refractivity contribution is 7.19. The largest absolute Gasteiger partial charge is 0.380 e. The van der Waals surface area contributed by atoms with Crippen molar-refractivity contribution < 1.29 is 0 Å². The number of allylic oxidation sites excluding steroid dienone is 1. The van der Waals surface area contributed by atoms with Crippen LogP contribution in [0.5, 0.6) is 0 Å². The molecule has 3 nitrogen and oxygen atoms in total. The summed E-state index contributed by atoms with van der Waals surface area (Å²) < 4.78 is 1.38. The van der Waals surface area contributed by atoms with Gasteiger partial charge in [0.1, 0.15) is 0 Å². The molecule has 0 saturated heterocycles. The van der Waals surface area contributed by atoms with Crippen LogP contribution < -0.4 is 10.5 Å². The number of aromatic amines is 2. The summed E-state index contributed by atoms with van der Waals surface area (Å²) in [5, 5.41) is 22.9. The van der Waals surface area contributed by atoms with Crippen LogP contribution in [0, 0.1) is 6.92 Å². The normalized spacial score (nSPS) is 16.0. The van der Waals surface area contributed by atoms with E-state index in [-0.39, 0.29) is 0 Å². The maximum Gasteiger partial charge on any atom is 0.0649 e. The molecule has 5 heteroatoms. The second-order valence-electron chi connectivity index (χ2n) is 14.4. The Balaban J connectivity index is 1.47. The second-order valence-corrected chi connectivity index (χ2v) is 16.3. The molecule has 10 aromatic rings. The summed E-state index contributed by atoms with van der Waals surface area (Å²) in [4.78, 5) is 9.45. The van der Waals surface area contributed by atoms with Gasteiger partial charge in [0.25, 0.3) is 0 Å². The van der Waals surface area contributed by atoms with Crippen LogP contribution in [0.15, 0.2) is 71.4 Å². The Labute approximate surface area is 287 Å². The minimum absolute atomic E-state index is 0.818. The fourth-order valence-electron chi connectivity index (χ4n) is 10.8. The monoisotopic (exact) mass is 659 g/mol. The molecule has 6 aromatic carbocycles. The Morgan fingerprint density at radius 3 is 2.35 bits per heavy atom.